The first-order valence-corrected chi connectivity index (χ1v) is 8.45. The number of aromatic nitrogens is 1. The molecule has 0 radical (unpaired) electrons. The van der Waals surface area contributed by atoms with Crippen LogP contribution in [-0.2, 0) is 6.18 Å². The van der Waals surface area contributed by atoms with E-state index < -0.39 is 11.7 Å². The summed E-state index contributed by atoms with van der Waals surface area (Å²) in [5.74, 6) is 0.678. The van der Waals surface area contributed by atoms with Crippen molar-refractivity contribution < 1.29 is 17.6 Å². The van der Waals surface area contributed by atoms with Crippen LogP contribution >= 0.6 is 23.4 Å². The van der Waals surface area contributed by atoms with E-state index >= 15 is 0 Å². The summed E-state index contributed by atoms with van der Waals surface area (Å²) in [5.41, 5.74) is 1.73. The average molecular weight is 398 g/mol. The average Bonchev–Trinajstić information content (AvgIpc) is 3.04. The second-order valence-corrected chi connectivity index (χ2v) is 6.53. The molecule has 4 nitrogen and oxygen atoms in total. The van der Waals surface area contributed by atoms with Crippen LogP contribution in [0.25, 0.3) is 0 Å². The van der Waals surface area contributed by atoms with E-state index in [1.165, 1.54) is 24.0 Å². The van der Waals surface area contributed by atoms with Crippen LogP contribution in [0.15, 0.2) is 74.2 Å². The predicted octanol–water partition coefficient (Wildman–Crippen LogP) is 5.94. The lowest BCUT2D eigenvalue weighted by molar-refractivity contribution is -0.137. The molecular formula is C17H11ClF3N3OS. The Labute approximate surface area is 156 Å². The van der Waals surface area contributed by atoms with Gasteiger partial charge in [0.25, 0.3) is 0 Å². The number of hydrogen-bond donors (Lipinski definition) is 1. The van der Waals surface area contributed by atoms with Gasteiger partial charge in [0.15, 0.2) is 5.09 Å². The number of benzene rings is 1. The number of hydrogen-bond acceptors (Lipinski definition) is 5. The van der Waals surface area contributed by atoms with Gasteiger partial charge in [-0.2, -0.15) is 18.3 Å². The highest BCUT2D eigenvalue weighted by Crippen LogP contribution is 2.30. The van der Waals surface area contributed by atoms with E-state index in [0.29, 0.717) is 15.9 Å². The molecule has 1 aromatic carbocycles. The number of anilines is 1. The Kier molecular flexibility index (Phi) is 5.53. The predicted molar refractivity (Wildman–Crippen MR) is 94.7 cm³/mol. The van der Waals surface area contributed by atoms with Crippen LogP contribution in [0.5, 0.6) is 0 Å². The second-order valence-electron chi connectivity index (χ2n) is 5.01. The quantitative estimate of drug-likeness (QED) is 0.427. The SMILES string of the molecule is FC(F)(F)c1ccc(N/N=C\c2ccc(Sc3ccc(Cl)cc3)o2)nc1. The summed E-state index contributed by atoms with van der Waals surface area (Å²) in [6.45, 7) is 0. The summed E-state index contributed by atoms with van der Waals surface area (Å²) >= 11 is 7.26. The number of nitrogens with one attached hydrogen (secondary N) is 1. The van der Waals surface area contributed by atoms with Gasteiger partial charge in [-0.1, -0.05) is 23.4 Å². The maximum Gasteiger partial charge on any atom is 0.417 e. The lowest BCUT2D eigenvalue weighted by atomic mass is 10.3. The number of rotatable bonds is 5. The zero-order chi connectivity index (χ0) is 18.6. The minimum atomic E-state index is -4.42. The van der Waals surface area contributed by atoms with Gasteiger partial charge >= 0.3 is 6.18 Å². The third kappa shape index (κ3) is 5.03. The summed E-state index contributed by atoms with van der Waals surface area (Å²) in [6, 6.07) is 13.0. The number of nitrogens with zero attached hydrogens (tertiary/aromatic N) is 2. The van der Waals surface area contributed by atoms with Crippen LogP contribution in [0.2, 0.25) is 5.02 Å². The molecule has 26 heavy (non-hydrogen) atoms. The maximum atomic E-state index is 12.5. The van der Waals surface area contributed by atoms with Gasteiger partial charge < -0.3 is 4.42 Å². The summed E-state index contributed by atoms with van der Waals surface area (Å²) < 4.78 is 43.0. The molecule has 134 valence electrons. The normalized spacial score (nSPS) is 11.8. The van der Waals surface area contributed by atoms with Gasteiger partial charge in [0, 0.05) is 16.1 Å². The molecule has 0 aliphatic rings. The first-order valence-electron chi connectivity index (χ1n) is 7.26. The minimum absolute atomic E-state index is 0.191. The van der Waals surface area contributed by atoms with Crippen LogP contribution in [0, 0.1) is 0 Å². The molecule has 0 bridgehead atoms. The van der Waals surface area contributed by atoms with Crippen molar-refractivity contribution >= 4 is 35.4 Å². The van der Waals surface area contributed by atoms with Crippen LogP contribution in [0.1, 0.15) is 11.3 Å². The Morgan fingerprint density at radius 1 is 1.08 bits per heavy atom. The van der Waals surface area contributed by atoms with Gasteiger partial charge in [0.05, 0.1) is 11.8 Å². The molecule has 0 saturated carbocycles. The van der Waals surface area contributed by atoms with Gasteiger partial charge in [-0.25, -0.2) is 4.98 Å². The summed E-state index contributed by atoms with van der Waals surface area (Å²) in [5, 5.41) is 5.22. The Balaban J connectivity index is 1.57. The molecule has 9 heteroatoms. The third-order valence-electron chi connectivity index (χ3n) is 3.10. The van der Waals surface area contributed by atoms with Crippen molar-refractivity contribution in [3.63, 3.8) is 0 Å². The molecule has 0 fully saturated rings. The lowest BCUT2D eigenvalue weighted by Crippen LogP contribution is -2.05. The number of hydrazone groups is 1. The zero-order valence-electron chi connectivity index (χ0n) is 13.0. The fourth-order valence-corrected chi connectivity index (χ4v) is 2.77. The van der Waals surface area contributed by atoms with Crippen LogP contribution in [0.4, 0.5) is 19.0 Å². The molecule has 0 saturated heterocycles. The molecule has 0 aliphatic heterocycles. The Morgan fingerprint density at radius 2 is 1.85 bits per heavy atom. The van der Waals surface area contributed by atoms with Crippen LogP contribution in [-0.4, -0.2) is 11.2 Å². The van der Waals surface area contributed by atoms with Crippen molar-refractivity contribution in [1.29, 1.82) is 0 Å². The molecular weight excluding hydrogens is 387 g/mol. The molecule has 0 spiro atoms. The lowest BCUT2D eigenvalue weighted by Gasteiger charge is -2.06. The molecule has 0 aliphatic carbocycles. The Hall–Kier alpha value is -2.45. The van der Waals surface area contributed by atoms with E-state index in [1.54, 1.807) is 24.3 Å². The number of halogens is 4. The van der Waals surface area contributed by atoms with Crippen molar-refractivity contribution in [2.75, 3.05) is 5.43 Å². The van der Waals surface area contributed by atoms with Crippen molar-refractivity contribution in [2.45, 2.75) is 16.2 Å². The first kappa shape index (κ1) is 18.3. The van der Waals surface area contributed by atoms with Crippen molar-refractivity contribution in [3.8, 4) is 0 Å². The molecule has 3 aromatic rings. The first-order chi connectivity index (χ1) is 12.4. The smallest absolute Gasteiger partial charge is 0.417 e. The summed E-state index contributed by atoms with van der Waals surface area (Å²) in [7, 11) is 0. The highest BCUT2D eigenvalue weighted by Gasteiger charge is 2.30. The number of furan rings is 1. The highest BCUT2D eigenvalue weighted by molar-refractivity contribution is 7.99. The monoisotopic (exact) mass is 397 g/mol. The highest BCUT2D eigenvalue weighted by atomic mass is 35.5. The van der Waals surface area contributed by atoms with Crippen LogP contribution < -0.4 is 5.43 Å². The van der Waals surface area contributed by atoms with E-state index in [1.807, 2.05) is 12.1 Å². The van der Waals surface area contributed by atoms with Crippen molar-refractivity contribution in [1.82, 2.24) is 4.98 Å². The Bertz CT molecular complexity index is 893. The van der Waals surface area contributed by atoms with Gasteiger partial charge in [-0.3, -0.25) is 5.43 Å². The topological polar surface area (TPSA) is 50.4 Å². The van der Waals surface area contributed by atoms with Gasteiger partial charge in [-0.15, -0.1) is 0 Å². The molecule has 2 heterocycles. The van der Waals surface area contributed by atoms with Crippen molar-refractivity contribution in [3.05, 3.63) is 71.1 Å². The second kappa shape index (κ2) is 7.84. The summed E-state index contributed by atoms with van der Waals surface area (Å²) in [4.78, 5) is 4.63. The van der Waals surface area contributed by atoms with Gasteiger partial charge in [0.1, 0.15) is 11.6 Å². The largest absolute Gasteiger partial charge is 0.448 e. The molecule has 0 unspecified atom stereocenters. The zero-order valence-corrected chi connectivity index (χ0v) is 14.6. The van der Waals surface area contributed by atoms with E-state index in [2.05, 4.69) is 15.5 Å². The van der Waals surface area contributed by atoms with Crippen molar-refractivity contribution in [2.24, 2.45) is 5.10 Å². The number of pyridine rings is 1. The molecule has 0 amide bonds. The minimum Gasteiger partial charge on any atom is -0.448 e. The van der Waals surface area contributed by atoms with E-state index in [0.717, 1.165) is 17.2 Å². The molecule has 2 aromatic heterocycles. The molecule has 0 atom stereocenters. The molecule has 3 rings (SSSR count). The number of alkyl halides is 3. The summed E-state index contributed by atoms with van der Waals surface area (Å²) in [6.07, 6.45) is -2.27. The van der Waals surface area contributed by atoms with E-state index in [4.69, 9.17) is 16.0 Å². The van der Waals surface area contributed by atoms with Crippen LogP contribution in [0.3, 0.4) is 0 Å². The van der Waals surface area contributed by atoms with Gasteiger partial charge in [0.2, 0.25) is 0 Å². The maximum absolute atomic E-state index is 12.5. The van der Waals surface area contributed by atoms with Gasteiger partial charge in [-0.05, 0) is 48.5 Å². The molecule has 1 N–H and O–H groups in total. The fraction of sp³-hybridized carbons (Fsp3) is 0.0588. The third-order valence-corrected chi connectivity index (χ3v) is 4.28. The Morgan fingerprint density at radius 3 is 2.50 bits per heavy atom. The van der Waals surface area contributed by atoms with E-state index in [-0.39, 0.29) is 5.82 Å². The standard InChI is InChI=1S/C17H11ClF3N3OS/c18-12-2-5-14(6-3-12)26-16-8-4-13(25-16)10-23-24-15-7-1-11(9-22-15)17(19,20)21/h1-10H,(H,22,24)/b23-10-. The fourth-order valence-electron chi connectivity index (χ4n) is 1.87. The van der Waals surface area contributed by atoms with E-state index in [9.17, 15) is 13.2 Å².